The highest BCUT2D eigenvalue weighted by atomic mass is 16.5. The second-order valence-electron chi connectivity index (χ2n) is 7.42. The van der Waals surface area contributed by atoms with Crippen LogP contribution in [0.1, 0.15) is 13.8 Å². The first-order valence-corrected chi connectivity index (χ1v) is 9.37. The second kappa shape index (κ2) is 7.58. The lowest BCUT2D eigenvalue weighted by Gasteiger charge is -2.41. The predicted molar refractivity (Wildman–Crippen MR) is 108 cm³/mol. The molecule has 0 amide bonds. The molecule has 0 atom stereocenters. The molecule has 27 heavy (non-hydrogen) atoms. The number of pyridine rings is 1. The number of fused-ring (bicyclic) bond motifs is 1. The van der Waals surface area contributed by atoms with Crippen LogP contribution >= 0.6 is 0 Å². The van der Waals surface area contributed by atoms with Gasteiger partial charge in [-0.05, 0) is 38.1 Å². The van der Waals surface area contributed by atoms with Crippen molar-refractivity contribution in [1.82, 2.24) is 19.9 Å². The largest absolute Gasteiger partial charge is 0.379 e. The number of anilines is 1. The van der Waals surface area contributed by atoms with Gasteiger partial charge in [0.2, 0.25) is 0 Å². The minimum atomic E-state index is 0.00427. The molecule has 0 saturated carbocycles. The maximum Gasteiger partial charge on any atom is 0.163 e. The number of rotatable bonds is 5. The molecular formula is C21H25N5O. The molecule has 3 heterocycles. The standard InChI is InChI=1S/C21H25N5O/c1-21(2,26-10-12-27-13-11-26)15-23-20-17-7-3-4-8-18(17)24-19(25-20)16-6-5-9-22-14-16/h3-9,14H,10-13,15H2,1-2H3,(H,23,24,25). The van der Waals surface area contributed by atoms with Crippen molar-refractivity contribution in [2.45, 2.75) is 19.4 Å². The number of nitrogens with one attached hydrogen (secondary N) is 1. The third-order valence-corrected chi connectivity index (χ3v) is 5.08. The normalized spacial score (nSPS) is 15.8. The van der Waals surface area contributed by atoms with Crippen molar-refractivity contribution in [3.05, 3.63) is 48.8 Å². The van der Waals surface area contributed by atoms with Crippen LogP contribution in [-0.2, 0) is 4.74 Å². The summed E-state index contributed by atoms with van der Waals surface area (Å²) in [5, 5.41) is 4.61. The minimum Gasteiger partial charge on any atom is -0.379 e. The van der Waals surface area contributed by atoms with Gasteiger partial charge in [-0.2, -0.15) is 0 Å². The monoisotopic (exact) mass is 363 g/mol. The Morgan fingerprint density at radius 2 is 1.89 bits per heavy atom. The summed E-state index contributed by atoms with van der Waals surface area (Å²) in [6.45, 7) is 8.82. The van der Waals surface area contributed by atoms with Gasteiger partial charge < -0.3 is 10.1 Å². The van der Waals surface area contributed by atoms with Gasteiger partial charge in [0.1, 0.15) is 5.82 Å². The van der Waals surface area contributed by atoms with Crippen LogP contribution in [-0.4, -0.2) is 58.2 Å². The topological polar surface area (TPSA) is 63.2 Å². The number of nitrogens with zero attached hydrogens (tertiary/aromatic N) is 4. The third-order valence-electron chi connectivity index (χ3n) is 5.08. The van der Waals surface area contributed by atoms with Gasteiger partial charge in [-0.3, -0.25) is 9.88 Å². The van der Waals surface area contributed by atoms with E-state index in [9.17, 15) is 0 Å². The Bertz CT molecular complexity index is 907. The van der Waals surface area contributed by atoms with Gasteiger partial charge in [0.25, 0.3) is 0 Å². The van der Waals surface area contributed by atoms with Crippen molar-refractivity contribution in [1.29, 1.82) is 0 Å². The Morgan fingerprint density at radius 1 is 1.07 bits per heavy atom. The average Bonchev–Trinajstić information content (AvgIpc) is 2.73. The van der Waals surface area contributed by atoms with Gasteiger partial charge >= 0.3 is 0 Å². The quantitative estimate of drug-likeness (QED) is 0.751. The number of hydrogen-bond donors (Lipinski definition) is 1. The van der Waals surface area contributed by atoms with Crippen LogP contribution in [0.2, 0.25) is 0 Å². The summed E-state index contributed by atoms with van der Waals surface area (Å²) in [6, 6.07) is 12.0. The zero-order chi connectivity index (χ0) is 18.7. The Labute approximate surface area is 159 Å². The first-order valence-electron chi connectivity index (χ1n) is 9.37. The number of para-hydroxylation sites is 1. The number of benzene rings is 1. The predicted octanol–water partition coefficient (Wildman–Crippen LogP) is 3.21. The molecule has 0 spiro atoms. The molecule has 1 aromatic carbocycles. The van der Waals surface area contributed by atoms with Gasteiger partial charge in [0, 0.05) is 48.5 Å². The number of ether oxygens (including phenoxy) is 1. The molecule has 1 aliphatic heterocycles. The van der Waals surface area contributed by atoms with Gasteiger partial charge in [-0.25, -0.2) is 9.97 Å². The van der Waals surface area contributed by atoms with Gasteiger partial charge in [0.05, 0.1) is 18.7 Å². The van der Waals surface area contributed by atoms with E-state index in [4.69, 9.17) is 14.7 Å². The fourth-order valence-corrected chi connectivity index (χ4v) is 3.42. The maximum absolute atomic E-state index is 5.49. The van der Waals surface area contributed by atoms with E-state index in [1.165, 1.54) is 0 Å². The highest BCUT2D eigenvalue weighted by molar-refractivity contribution is 5.90. The van der Waals surface area contributed by atoms with Crippen LogP contribution < -0.4 is 5.32 Å². The molecule has 1 fully saturated rings. The van der Waals surface area contributed by atoms with E-state index < -0.39 is 0 Å². The Balaban J connectivity index is 1.64. The second-order valence-corrected chi connectivity index (χ2v) is 7.42. The van der Waals surface area contributed by atoms with E-state index in [2.05, 4.69) is 35.1 Å². The van der Waals surface area contributed by atoms with Crippen molar-refractivity contribution >= 4 is 16.7 Å². The van der Waals surface area contributed by atoms with Crippen molar-refractivity contribution in [2.75, 3.05) is 38.2 Å². The molecule has 1 N–H and O–H groups in total. The van der Waals surface area contributed by atoms with E-state index >= 15 is 0 Å². The van der Waals surface area contributed by atoms with Crippen LogP contribution in [0.3, 0.4) is 0 Å². The summed E-state index contributed by atoms with van der Waals surface area (Å²) in [6.07, 6.45) is 3.56. The zero-order valence-electron chi connectivity index (χ0n) is 15.9. The van der Waals surface area contributed by atoms with Gasteiger partial charge in [0.15, 0.2) is 5.82 Å². The molecule has 0 aliphatic carbocycles. The molecule has 1 saturated heterocycles. The molecule has 0 bridgehead atoms. The summed E-state index contributed by atoms with van der Waals surface area (Å²) >= 11 is 0. The molecule has 6 nitrogen and oxygen atoms in total. The average molecular weight is 363 g/mol. The van der Waals surface area contributed by atoms with E-state index in [0.29, 0.717) is 5.82 Å². The highest BCUT2D eigenvalue weighted by Gasteiger charge is 2.28. The number of hydrogen-bond acceptors (Lipinski definition) is 6. The lowest BCUT2D eigenvalue weighted by molar-refractivity contribution is -0.00569. The molecule has 1 aliphatic rings. The van der Waals surface area contributed by atoms with Crippen LogP contribution in [0.15, 0.2) is 48.8 Å². The SMILES string of the molecule is CC(C)(CNc1nc(-c2cccnc2)nc2ccccc12)N1CCOCC1. The van der Waals surface area contributed by atoms with Crippen molar-refractivity contribution < 1.29 is 4.74 Å². The Hall–Kier alpha value is -2.57. The molecule has 140 valence electrons. The summed E-state index contributed by atoms with van der Waals surface area (Å²) < 4.78 is 5.49. The molecule has 0 unspecified atom stereocenters. The lowest BCUT2D eigenvalue weighted by Crippen LogP contribution is -2.53. The van der Waals surface area contributed by atoms with Crippen LogP contribution in [0, 0.1) is 0 Å². The first-order chi connectivity index (χ1) is 13.1. The molecule has 0 radical (unpaired) electrons. The lowest BCUT2D eigenvalue weighted by atomic mass is 10.0. The Kier molecular flexibility index (Phi) is 5.01. The smallest absolute Gasteiger partial charge is 0.163 e. The summed E-state index contributed by atoms with van der Waals surface area (Å²) in [5.41, 5.74) is 1.85. The highest BCUT2D eigenvalue weighted by Crippen LogP contribution is 2.25. The Morgan fingerprint density at radius 3 is 2.67 bits per heavy atom. The van der Waals surface area contributed by atoms with Crippen LogP contribution in [0.25, 0.3) is 22.3 Å². The van der Waals surface area contributed by atoms with Crippen molar-refractivity contribution in [2.24, 2.45) is 0 Å². The number of morpholine rings is 1. The van der Waals surface area contributed by atoms with Crippen molar-refractivity contribution in [3.63, 3.8) is 0 Å². The van der Waals surface area contributed by atoms with E-state index in [1.807, 2.05) is 30.3 Å². The molecule has 4 rings (SSSR count). The summed E-state index contributed by atoms with van der Waals surface area (Å²) in [5.74, 6) is 1.55. The molecule has 2 aromatic heterocycles. The van der Waals surface area contributed by atoms with E-state index in [-0.39, 0.29) is 5.54 Å². The molecule has 6 heteroatoms. The maximum atomic E-state index is 5.49. The number of aromatic nitrogens is 3. The summed E-state index contributed by atoms with van der Waals surface area (Å²) in [7, 11) is 0. The van der Waals surface area contributed by atoms with Crippen molar-refractivity contribution in [3.8, 4) is 11.4 Å². The zero-order valence-corrected chi connectivity index (χ0v) is 15.9. The minimum absolute atomic E-state index is 0.00427. The van der Waals surface area contributed by atoms with E-state index in [0.717, 1.165) is 55.1 Å². The van der Waals surface area contributed by atoms with Crippen LogP contribution in [0.5, 0.6) is 0 Å². The van der Waals surface area contributed by atoms with Crippen LogP contribution in [0.4, 0.5) is 5.82 Å². The van der Waals surface area contributed by atoms with Gasteiger partial charge in [-0.15, -0.1) is 0 Å². The summed E-state index contributed by atoms with van der Waals surface area (Å²) in [4.78, 5) is 16.2. The fraction of sp³-hybridized carbons (Fsp3) is 0.381. The molecule has 3 aromatic rings. The third kappa shape index (κ3) is 3.91. The molecular weight excluding hydrogens is 338 g/mol. The fourth-order valence-electron chi connectivity index (χ4n) is 3.42. The first kappa shape index (κ1) is 17.8. The van der Waals surface area contributed by atoms with Gasteiger partial charge in [-0.1, -0.05) is 12.1 Å². The van der Waals surface area contributed by atoms with E-state index in [1.54, 1.807) is 12.4 Å².